The Bertz CT molecular complexity index is 746. The molecule has 138 valence electrons. The fourth-order valence-corrected chi connectivity index (χ4v) is 3.62. The van der Waals surface area contributed by atoms with E-state index in [1.165, 1.54) is 11.1 Å². The van der Waals surface area contributed by atoms with Crippen molar-refractivity contribution in [3.05, 3.63) is 65.4 Å². The maximum Gasteiger partial charge on any atom is 0.243 e. The van der Waals surface area contributed by atoms with Gasteiger partial charge in [-0.15, -0.1) is 0 Å². The van der Waals surface area contributed by atoms with E-state index in [2.05, 4.69) is 59.7 Å². The van der Waals surface area contributed by atoms with Crippen molar-refractivity contribution in [2.75, 3.05) is 25.0 Å². The molecule has 0 aromatic heterocycles. The van der Waals surface area contributed by atoms with E-state index in [0.29, 0.717) is 12.5 Å². The van der Waals surface area contributed by atoms with Gasteiger partial charge in [0.05, 0.1) is 12.6 Å². The third-order valence-electron chi connectivity index (χ3n) is 5.04. The Balaban J connectivity index is 1.72. The molecule has 2 aliphatic heterocycles. The highest BCUT2D eigenvalue weighted by molar-refractivity contribution is 5.94. The molecule has 0 saturated heterocycles. The second-order valence-electron chi connectivity index (χ2n) is 7.32. The zero-order valence-corrected chi connectivity index (χ0v) is 16.0. The van der Waals surface area contributed by atoms with Gasteiger partial charge < -0.3 is 15.5 Å². The maximum absolute atomic E-state index is 12.8. The summed E-state index contributed by atoms with van der Waals surface area (Å²) in [7, 11) is 0. The molecule has 1 unspecified atom stereocenters. The first-order valence-corrected chi connectivity index (χ1v) is 9.46. The number of hydrogen-bond donors (Lipinski definition) is 2. The Morgan fingerprint density at radius 1 is 1.35 bits per heavy atom. The first-order chi connectivity index (χ1) is 12.6. The fraction of sp³-hybridized carbons (Fsp3) is 0.409. The van der Waals surface area contributed by atoms with E-state index in [-0.39, 0.29) is 11.9 Å². The summed E-state index contributed by atoms with van der Waals surface area (Å²) in [6.07, 6.45) is 11.5. The Kier molecular flexibility index (Phi) is 5.94. The van der Waals surface area contributed by atoms with Gasteiger partial charge in [0.2, 0.25) is 5.91 Å². The molecule has 0 spiro atoms. The Morgan fingerprint density at radius 3 is 2.92 bits per heavy atom. The SMILES string of the molecule is Cc1cccc(C(C)C)c1NC(=O)CN1C=CC=CC1C1=CCNCC1. The van der Waals surface area contributed by atoms with Gasteiger partial charge >= 0.3 is 0 Å². The average Bonchev–Trinajstić information content (AvgIpc) is 2.64. The monoisotopic (exact) mass is 351 g/mol. The summed E-state index contributed by atoms with van der Waals surface area (Å²) in [6.45, 7) is 8.62. The van der Waals surface area contributed by atoms with E-state index in [1.807, 2.05) is 25.3 Å². The summed E-state index contributed by atoms with van der Waals surface area (Å²) in [4.78, 5) is 14.9. The molecule has 0 radical (unpaired) electrons. The van der Waals surface area contributed by atoms with Crippen LogP contribution < -0.4 is 10.6 Å². The van der Waals surface area contributed by atoms with E-state index in [0.717, 1.165) is 30.8 Å². The maximum atomic E-state index is 12.8. The second-order valence-corrected chi connectivity index (χ2v) is 7.32. The molecular formula is C22H29N3O. The summed E-state index contributed by atoms with van der Waals surface area (Å²) in [6, 6.07) is 6.37. The van der Waals surface area contributed by atoms with Gasteiger partial charge in [-0.2, -0.15) is 0 Å². The van der Waals surface area contributed by atoms with E-state index < -0.39 is 0 Å². The zero-order valence-electron chi connectivity index (χ0n) is 16.0. The van der Waals surface area contributed by atoms with Gasteiger partial charge in [0.25, 0.3) is 0 Å². The quantitative estimate of drug-likeness (QED) is 0.795. The smallest absolute Gasteiger partial charge is 0.243 e. The van der Waals surface area contributed by atoms with Gasteiger partial charge in [0, 0.05) is 18.4 Å². The van der Waals surface area contributed by atoms with Crippen LogP contribution in [0.3, 0.4) is 0 Å². The summed E-state index contributed by atoms with van der Waals surface area (Å²) in [5.74, 6) is 0.399. The molecule has 3 rings (SSSR count). The summed E-state index contributed by atoms with van der Waals surface area (Å²) >= 11 is 0. The number of rotatable bonds is 5. The summed E-state index contributed by atoms with van der Waals surface area (Å²) < 4.78 is 0. The van der Waals surface area contributed by atoms with Crippen molar-refractivity contribution in [1.29, 1.82) is 0 Å². The number of aryl methyl sites for hydroxylation is 1. The van der Waals surface area contributed by atoms with Crippen LogP contribution in [0.25, 0.3) is 0 Å². The lowest BCUT2D eigenvalue weighted by Crippen LogP contribution is -2.40. The van der Waals surface area contributed by atoms with Crippen LogP contribution in [0.4, 0.5) is 5.69 Å². The molecule has 2 N–H and O–H groups in total. The topological polar surface area (TPSA) is 44.4 Å². The molecule has 0 bridgehead atoms. The van der Waals surface area contributed by atoms with E-state index in [1.54, 1.807) is 0 Å². The van der Waals surface area contributed by atoms with Crippen LogP contribution in [-0.2, 0) is 4.79 Å². The molecule has 2 aliphatic rings. The lowest BCUT2D eigenvalue weighted by atomic mass is 9.97. The van der Waals surface area contributed by atoms with Crippen molar-refractivity contribution in [3.8, 4) is 0 Å². The van der Waals surface area contributed by atoms with Crippen LogP contribution in [0.1, 0.15) is 37.3 Å². The average molecular weight is 351 g/mol. The number of amides is 1. The van der Waals surface area contributed by atoms with Crippen molar-refractivity contribution in [1.82, 2.24) is 10.2 Å². The van der Waals surface area contributed by atoms with Crippen molar-refractivity contribution in [3.63, 3.8) is 0 Å². The van der Waals surface area contributed by atoms with Crippen molar-refractivity contribution < 1.29 is 4.79 Å². The fourth-order valence-electron chi connectivity index (χ4n) is 3.62. The number of anilines is 1. The predicted molar refractivity (Wildman–Crippen MR) is 108 cm³/mol. The Labute approximate surface area is 156 Å². The molecule has 26 heavy (non-hydrogen) atoms. The number of nitrogens with one attached hydrogen (secondary N) is 2. The Hall–Kier alpha value is -2.33. The van der Waals surface area contributed by atoms with Crippen LogP contribution in [0.15, 0.2) is 54.3 Å². The minimum Gasteiger partial charge on any atom is -0.358 e. The van der Waals surface area contributed by atoms with Crippen LogP contribution in [0.5, 0.6) is 0 Å². The second kappa shape index (κ2) is 8.37. The molecule has 1 amide bonds. The largest absolute Gasteiger partial charge is 0.358 e. The van der Waals surface area contributed by atoms with Crippen LogP contribution in [0.2, 0.25) is 0 Å². The lowest BCUT2D eigenvalue weighted by Gasteiger charge is -2.33. The summed E-state index contributed by atoms with van der Waals surface area (Å²) in [5.41, 5.74) is 4.64. The number of benzene rings is 1. The molecule has 1 aromatic rings. The van der Waals surface area contributed by atoms with Crippen molar-refractivity contribution in [2.45, 2.75) is 39.2 Å². The predicted octanol–water partition coefficient (Wildman–Crippen LogP) is 3.73. The third-order valence-corrected chi connectivity index (χ3v) is 5.04. The van der Waals surface area contributed by atoms with Gasteiger partial charge in [-0.1, -0.05) is 50.3 Å². The number of para-hydroxylation sites is 1. The number of nitrogens with zero attached hydrogens (tertiary/aromatic N) is 1. The highest BCUT2D eigenvalue weighted by atomic mass is 16.2. The van der Waals surface area contributed by atoms with Gasteiger partial charge in [-0.3, -0.25) is 4.79 Å². The number of carbonyl (C=O) groups is 1. The van der Waals surface area contributed by atoms with Gasteiger partial charge in [-0.05, 0) is 48.6 Å². The highest BCUT2D eigenvalue weighted by Gasteiger charge is 2.22. The van der Waals surface area contributed by atoms with Crippen LogP contribution in [0, 0.1) is 6.92 Å². The molecule has 1 aromatic carbocycles. The zero-order chi connectivity index (χ0) is 18.5. The molecular weight excluding hydrogens is 322 g/mol. The molecule has 0 saturated carbocycles. The number of carbonyl (C=O) groups excluding carboxylic acids is 1. The van der Waals surface area contributed by atoms with Crippen LogP contribution in [-0.4, -0.2) is 36.5 Å². The minimum atomic E-state index is 0.0284. The summed E-state index contributed by atoms with van der Waals surface area (Å²) in [5, 5.41) is 6.51. The molecule has 4 nitrogen and oxygen atoms in total. The first kappa shape index (κ1) is 18.5. The first-order valence-electron chi connectivity index (χ1n) is 9.46. The molecule has 4 heteroatoms. The van der Waals surface area contributed by atoms with Crippen molar-refractivity contribution in [2.24, 2.45) is 0 Å². The van der Waals surface area contributed by atoms with Crippen LogP contribution >= 0.6 is 0 Å². The van der Waals surface area contributed by atoms with E-state index in [4.69, 9.17) is 0 Å². The van der Waals surface area contributed by atoms with E-state index in [9.17, 15) is 4.79 Å². The molecule has 0 aliphatic carbocycles. The van der Waals surface area contributed by atoms with E-state index >= 15 is 0 Å². The van der Waals surface area contributed by atoms with Gasteiger partial charge in [0.1, 0.15) is 0 Å². The van der Waals surface area contributed by atoms with Crippen molar-refractivity contribution >= 4 is 11.6 Å². The highest BCUT2D eigenvalue weighted by Crippen LogP contribution is 2.27. The number of allylic oxidation sites excluding steroid dienone is 2. The lowest BCUT2D eigenvalue weighted by molar-refractivity contribution is -0.117. The number of hydrogen-bond acceptors (Lipinski definition) is 3. The molecule has 1 atom stereocenters. The molecule has 0 fully saturated rings. The van der Waals surface area contributed by atoms with Gasteiger partial charge in [0.15, 0.2) is 0 Å². The standard InChI is InChI=1S/C22H29N3O/c1-16(2)19-8-6-7-17(3)22(19)24-21(26)15-25-14-5-4-9-20(25)18-10-12-23-13-11-18/h4-10,14,16,20,23H,11-13,15H2,1-3H3,(H,24,26). The normalized spacial score (nSPS) is 19.6. The molecule has 2 heterocycles. The minimum absolute atomic E-state index is 0.0284. The Morgan fingerprint density at radius 2 is 2.19 bits per heavy atom. The third kappa shape index (κ3) is 4.25. The van der Waals surface area contributed by atoms with Gasteiger partial charge in [-0.25, -0.2) is 0 Å².